The van der Waals surface area contributed by atoms with Gasteiger partial charge in [0.25, 0.3) is 5.91 Å². The summed E-state index contributed by atoms with van der Waals surface area (Å²) < 4.78 is 5.82. The summed E-state index contributed by atoms with van der Waals surface area (Å²) in [7, 11) is 0. The Morgan fingerprint density at radius 3 is 2.45 bits per heavy atom. The molecule has 1 aliphatic rings. The molecule has 0 saturated heterocycles. The third-order valence-electron chi connectivity index (χ3n) is 4.73. The van der Waals surface area contributed by atoms with E-state index >= 15 is 0 Å². The number of hydrogen-bond donors (Lipinski definition) is 1. The lowest BCUT2D eigenvalue weighted by Gasteiger charge is -2.30. The lowest BCUT2D eigenvalue weighted by Crippen LogP contribution is -2.44. The molecule has 0 aromatic heterocycles. The van der Waals surface area contributed by atoms with E-state index in [-0.39, 0.29) is 18.2 Å². The smallest absolute Gasteiger partial charge is 0.294 e. The first-order valence-corrected chi connectivity index (χ1v) is 10.3. The number of para-hydroxylation sites is 2. The van der Waals surface area contributed by atoms with E-state index in [1.54, 1.807) is 60.7 Å². The molecule has 0 fully saturated rings. The third kappa shape index (κ3) is 4.90. The Bertz CT molecular complexity index is 1160. The summed E-state index contributed by atoms with van der Waals surface area (Å²) in [6.07, 6.45) is 1.58. The molecule has 0 unspecified atom stereocenters. The average Bonchev–Trinajstić information content (AvgIpc) is 2.77. The van der Waals surface area contributed by atoms with Crippen LogP contribution in [0.1, 0.15) is 11.1 Å². The van der Waals surface area contributed by atoms with Crippen LogP contribution in [0.2, 0.25) is 10.0 Å². The average molecular weight is 453 g/mol. The normalized spacial score (nSPS) is 14.2. The van der Waals surface area contributed by atoms with E-state index in [1.165, 1.54) is 4.90 Å². The van der Waals surface area contributed by atoms with Gasteiger partial charge in [-0.1, -0.05) is 65.7 Å². The van der Waals surface area contributed by atoms with E-state index < -0.39 is 5.91 Å². The molecule has 2 amide bonds. The number of ether oxygens (including phenoxy) is 1. The second-order valence-corrected chi connectivity index (χ2v) is 7.74. The van der Waals surface area contributed by atoms with Crippen LogP contribution >= 0.6 is 23.2 Å². The molecule has 1 heterocycles. The predicted octanol–water partition coefficient (Wildman–Crippen LogP) is 5.08. The Kier molecular flexibility index (Phi) is 6.26. The molecule has 0 atom stereocenters. The zero-order valence-electron chi connectivity index (χ0n) is 16.3. The minimum Gasteiger partial charge on any atom is -0.449 e. The maximum absolute atomic E-state index is 13.1. The molecule has 31 heavy (non-hydrogen) atoms. The van der Waals surface area contributed by atoms with Gasteiger partial charge in [-0.05, 0) is 47.5 Å². The number of carbonyl (C=O) groups is 2. The van der Waals surface area contributed by atoms with Crippen LogP contribution in [-0.2, 0) is 16.1 Å². The number of fused-ring (bicyclic) bond motifs is 1. The maximum Gasteiger partial charge on any atom is 0.294 e. The molecule has 5 nitrogen and oxygen atoms in total. The SMILES string of the molecule is O=C(CN1C(=O)C(=Cc2ccccc2Cl)Oc2ccccc21)NCc1ccc(Cl)cc1. The Hall–Kier alpha value is -3.28. The van der Waals surface area contributed by atoms with Crippen molar-refractivity contribution in [2.75, 3.05) is 11.4 Å². The van der Waals surface area contributed by atoms with Crippen LogP contribution in [0.5, 0.6) is 5.75 Å². The molecule has 4 rings (SSSR count). The van der Waals surface area contributed by atoms with E-state index in [1.807, 2.05) is 18.2 Å². The molecule has 0 spiro atoms. The van der Waals surface area contributed by atoms with Crippen molar-refractivity contribution < 1.29 is 14.3 Å². The third-order valence-corrected chi connectivity index (χ3v) is 5.32. The van der Waals surface area contributed by atoms with Crippen molar-refractivity contribution in [2.24, 2.45) is 0 Å². The monoisotopic (exact) mass is 452 g/mol. The van der Waals surface area contributed by atoms with Gasteiger partial charge in [0.05, 0.1) is 5.69 Å². The van der Waals surface area contributed by atoms with E-state index in [0.29, 0.717) is 33.6 Å². The van der Waals surface area contributed by atoms with E-state index in [2.05, 4.69) is 5.32 Å². The number of nitrogens with zero attached hydrogens (tertiary/aromatic N) is 1. The zero-order valence-corrected chi connectivity index (χ0v) is 17.9. The number of rotatable bonds is 5. The Morgan fingerprint density at radius 2 is 1.68 bits per heavy atom. The standard InChI is InChI=1S/C24H18Cl2N2O3/c25-18-11-9-16(10-12-18)14-27-23(29)15-28-20-7-3-4-8-21(20)31-22(24(28)30)13-17-5-1-2-6-19(17)26/h1-13H,14-15H2,(H,27,29). The number of benzene rings is 3. The number of amides is 2. The zero-order chi connectivity index (χ0) is 21.8. The van der Waals surface area contributed by atoms with Gasteiger partial charge in [0.2, 0.25) is 5.91 Å². The van der Waals surface area contributed by atoms with Gasteiger partial charge in [0, 0.05) is 16.6 Å². The van der Waals surface area contributed by atoms with Gasteiger partial charge in [0.15, 0.2) is 11.5 Å². The fraction of sp³-hybridized carbons (Fsp3) is 0.0833. The van der Waals surface area contributed by atoms with Crippen molar-refractivity contribution in [3.8, 4) is 5.75 Å². The molecule has 7 heteroatoms. The molecule has 3 aromatic rings. The fourth-order valence-electron chi connectivity index (χ4n) is 3.15. The first-order chi connectivity index (χ1) is 15.0. The molecule has 1 aliphatic heterocycles. The lowest BCUT2D eigenvalue weighted by atomic mass is 10.1. The summed E-state index contributed by atoms with van der Waals surface area (Å²) in [4.78, 5) is 27.2. The molecule has 0 aliphatic carbocycles. The lowest BCUT2D eigenvalue weighted by molar-refractivity contribution is -0.123. The van der Waals surface area contributed by atoms with Crippen LogP contribution in [0.4, 0.5) is 5.69 Å². The van der Waals surface area contributed by atoms with Crippen molar-refractivity contribution in [1.29, 1.82) is 0 Å². The molecule has 156 valence electrons. The quantitative estimate of drug-likeness (QED) is 0.549. The minimum atomic E-state index is -0.416. The first-order valence-electron chi connectivity index (χ1n) is 9.57. The molecular weight excluding hydrogens is 435 g/mol. The van der Waals surface area contributed by atoms with Crippen LogP contribution in [0.25, 0.3) is 6.08 Å². The van der Waals surface area contributed by atoms with E-state index in [9.17, 15) is 9.59 Å². The molecular formula is C24H18Cl2N2O3. The second-order valence-electron chi connectivity index (χ2n) is 6.89. The Balaban J connectivity index is 1.55. The fourth-order valence-corrected chi connectivity index (χ4v) is 3.47. The highest BCUT2D eigenvalue weighted by molar-refractivity contribution is 6.32. The number of anilines is 1. The Morgan fingerprint density at radius 1 is 0.968 bits per heavy atom. The second kappa shape index (κ2) is 9.25. The summed E-state index contributed by atoms with van der Waals surface area (Å²) in [6.45, 7) is 0.186. The van der Waals surface area contributed by atoms with E-state index in [0.717, 1.165) is 5.56 Å². The van der Waals surface area contributed by atoms with Crippen molar-refractivity contribution >= 4 is 46.8 Å². The van der Waals surface area contributed by atoms with Gasteiger partial charge in [-0.15, -0.1) is 0 Å². The van der Waals surface area contributed by atoms with Gasteiger partial charge < -0.3 is 10.1 Å². The Labute approximate surface area is 189 Å². The highest BCUT2D eigenvalue weighted by Gasteiger charge is 2.31. The predicted molar refractivity (Wildman–Crippen MR) is 122 cm³/mol. The van der Waals surface area contributed by atoms with Crippen LogP contribution in [-0.4, -0.2) is 18.4 Å². The van der Waals surface area contributed by atoms with Crippen LogP contribution < -0.4 is 15.0 Å². The highest BCUT2D eigenvalue weighted by Crippen LogP contribution is 2.35. The van der Waals surface area contributed by atoms with Crippen molar-refractivity contribution in [3.05, 3.63) is 99.7 Å². The van der Waals surface area contributed by atoms with Gasteiger partial charge in [-0.25, -0.2) is 0 Å². The summed E-state index contributed by atoms with van der Waals surface area (Å²) in [5, 5.41) is 3.96. The van der Waals surface area contributed by atoms with Gasteiger partial charge in [-0.2, -0.15) is 0 Å². The molecule has 1 N–H and O–H groups in total. The molecule has 0 bridgehead atoms. The van der Waals surface area contributed by atoms with Crippen molar-refractivity contribution in [3.63, 3.8) is 0 Å². The number of halogens is 2. The molecule has 3 aromatic carbocycles. The summed E-state index contributed by atoms with van der Waals surface area (Å²) in [5.41, 5.74) is 2.09. The van der Waals surface area contributed by atoms with Crippen molar-refractivity contribution in [2.45, 2.75) is 6.54 Å². The topological polar surface area (TPSA) is 58.6 Å². The maximum atomic E-state index is 13.1. The number of hydrogen-bond acceptors (Lipinski definition) is 3. The van der Waals surface area contributed by atoms with Crippen LogP contribution in [0, 0.1) is 0 Å². The summed E-state index contributed by atoms with van der Waals surface area (Å²) >= 11 is 12.1. The van der Waals surface area contributed by atoms with Gasteiger partial charge in [-0.3, -0.25) is 14.5 Å². The number of nitrogens with one attached hydrogen (secondary N) is 1. The van der Waals surface area contributed by atoms with Crippen LogP contribution in [0.15, 0.2) is 78.6 Å². The van der Waals surface area contributed by atoms with Gasteiger partial charge in [0.1, 0.15) is 6.54 Å². The highest BCUT2D eigenvalue weighted by atomic mass is 35.5. The van der Waals surface area contributed by atoms with Gasteiger partial charge >= 0.3 is 0 Å². The van der Waals surface area contributed by atoms with Crippen molar-refractivity contribution in [1.82, 2.24) is 5.32 Å². The summed E-state index contributed by atoms with van der Waals surface area (Å²) in [6, 6.07) is 21.4. The first kappa shape index (κ1) is 21.0. The van der Waals surface area contributed by atoms with Crippen LogP contribution in [0.3, 0.4) is 0 Å². The molecule has 0 radical (unpaired) electrons. The minimum absolute atomic E-state index is 0.0947. The summed E-state index contributed by atoms with van der Waals surface area (Å²) in [5.74, 6) is -0.124. The molecule has 0 saturated carbocycles. The number of carbonyl (C=O) groups excluding carboxylic acids is 2. The largest absolute Gasteiger partial charge is 0.449 e. The van der Waals surface area contributed by atoms with E-state index in [4.69, 9.17) is 27.9 Å².